The molecule has 0 aliphatic carbocycles. The molecular formula is C21H26Cl2N6O3. The molecule has 2 amide bonds. The lowest BCUT2D eigenvalue weighted by molar-refractivity contribution is -0.119. The molecule has 1 unspecified atom stereocenters. The summed E-state index contributed by atoms with van der Waals surface area (Å²) in [6.07, 6.45) is 1.32. The molecule has 2 aromatic carbocycles. The molecule has 9 N–H and O–H groups in total. The van der Waals surface area contributed by atoms with Crippen LogP contribution in [0.1, 0.15) is 28.8 Å². The lowest BCUT2D eigenvalue weighted by atomic mass is 10.1. The first-order valence-electron chi connectivity index (χ1n) is 9.81. The summed E-state index contributed by atoms with van der Waals surface area (Å²) in [5, 5.41) is 13.5. The number of halogens is 2. The molecule has 0 radical (unpaired) electrons. The van der Waals surface area contributed by atoms with E-state index in [1.807, 2.05) is 6.07 Å². The summed E-state index contributed by atoms with van der Waals surface area (Å²) in [6, 6.07) is 9.24. The van der Waals surface area contributed by atoms with Crippen LogP contribution in [0.5, 0.6) is 5.75 Å². The summed E-state index contributed by atoms with van der Waals surface area (Å²) in [6.45, 7) is 0.617. The minimum atomic E-state index is -0.768. The average Bonchev–Trinajstić information content (AvgIpc) is 2.72. The number of ether oxygens (including phenoxy) is 1. The predicted molar refractivity (Wildman–Crippen MR) is 126 cm³/mol. The van der Waals surface area contributed by atoms with Crippen LogP contribution in [0, 0.1) is 5.41 Å². The summed E-state index contributed by atoms with van der Waals surface area (Å²) in [5.41, 5.74) is 18.1. The van der Waals surface area contributed by atoms with Crippen LogP contribution in [0.25, 0.3) is 0 Å². The zero-order valence-electron chi connectivity index (χ0n) is 17.3. The SMILES string of the molecule is N=C(N)NC(CCCNC(=O)c1ccc(N)c(OCCc2ccc(Cl)cc2Cl)c1)C(N)=O. The zero-order valence-corrected chi connectivity index (χ0v) is 18.8. The van der Waals surface area contributed by atoms with Crippen molar-refractivity contribution in [2.24, 2.45) is 11.5 Å². The highest BCUT2D eigenvalue weighted by molar-refractivity contribution is 6.35. The van der Waals surface area contributed by atoms with E-state index in [9.17, 15) is 9.59 Å². The number of carbonyl (C=O) groups excluding carboxylic acids is 2. The number of nitrogens with one attached hydrogen (secondary N) is 3. The van der Waals surface area contributed by atoms with Crippen molar-refractivity contribution in [2.75, 3.05) is 18.9 Å². The van der Waals surface area contributed by atoms with Crippen LogP contribution in [0.4, 0.5) is 5.69 Å². The van der Waals surface area contributed by atoms with Crippen molar-refractivity contribution in [3.63, 3.8) is 0 Å². The van der Waals surface area contributed by atoms with Gasteiger partial charge in [-0.15, -0.1) is 0 Å². The highest BCUT2D eigenvalue weighted by atomic mass is 35.5. The van der Waals surface area contributed by atoms with Gasteiger partial charge in [-0.05, 0) is 48.7 Å². The first kappa shape index (κ1) is 25.1. The van der Waals surface area contributed by atoms with Gasteiger partial charge in [-0.1, -0.05) is 29.3 Å². The molecule has 0 saturated carbocycles. The summed E-state index contributed by atoms with van der Waals surface area (Å²) in [7, 11) is 0. The topological polar surface area (TPSA) is 169 Å². The van der Waals surface area contributed by atoms with Crippen molar-refractivity contribution in [1.82, 2.24) is 10.6 Å². The Labute approximate surface area is 196 Å². The molecule has 1 atom stereocenters. The second kappa shape index (κ2) is 12.0. The fourth-order valence-electron chi connectivity index (χ4n) is 2.88. The largest absolute Gasteiger partial charge is 0.491 e. The van der Waals surface area contributed by atoms with Gasteiger partial charge in [0.25, 0.3) is 5.91 Å². The number of anilines is 1. The van der Waals surface area contributed by atoms with Gasteiger partial charge < -0.3 is 32.6 Å². The van der Waals surface area contributed by atoms with Crippen molar-refractivity contribution < 1.29 is 14.3 Å². The molecule has 172 valence electrons. The molecule has 0 aliphatic rings. The number of hydrogen-bond acceptors (Lipinski definition) is 5. The first-order chi connectivity index (χ1) is 15.2. The highest BCUT2D eigenvalue weighted by Crippen LogP contribution is 2.25. The third kappa shape index (κ3) is 7.82. The van der Waals surface area contributed by atoms with E-state index in [-0.39, 0.29) is 11.9 Å². The molecule has 32 heavy (non-hydrogen) atoms. The first-order valence-corrected chi connectivity index (χ1v) is 10.6. The van der Waals surface area contributed by atoms with Crippen LogP contribution in [0.2, 0.25) is 10.0 Å². The second-order valence-corrected chi connectivity index (χ2v) is 7.84. The Morgan fingerprint density at radius 1 is 1.12 bits per heavy atom. The van der Waals surface area contributed by atoms with Crippen molar-refractivity contribution in [2.45, 2.75) is 25.3 Å². The van der Waals surface area contributed by atoms with Crippen LogP contribution in [-0.4, -0.2) is 37.0 Å². The number of rotatable bonds is 11. The molecule has 0 aromatic heterocycles. The van der Waals surface area contributed by atoms with E-state index in [4.69, 9.17) is 50.5 Å². The number of nitrogen functional groups attached to an aromatic ring is 1. The van der Waals surface area contributed by atoms with Gasteiger partial charge in [0, 0.05) is 28.6 Å². The number of amides is 2. The lowest BCUT2D eigenvalue weighted by Gasteiger charge is -2.15. The van der Waals surface area contributed by atoms with E-state index in [2.05, 4.69) is 10.6 Å². The van der Waals surface area contributed by atoms with Crippen molar-refractivity contribution in [1.29, 1.82) is 5.41 Å². The molecule has 0 aliphatic heterocycles. The molecule has 0 bridgehead atoms. The number of guanidine groups is 1. The van der Waals surface area contributed by atoms with E-state index in [1.165, 1.54) is 0 Å². The second-order valence-electron chi connectivity index (χ2n) is 7.00. The van der Waals surface area contributed by atoms with Gasteiger partial charge in [-0.25, -0.2) is 0 Å². The van der Waals surface area contributed by atoms with Gasteiger partial charge in [-0.2, -0.15) is 0 Å². The van der Waals surface area contributed by atoms with Gasteiger partial charge in [0.1, 0.15) is 11.8 Å². The molecule has 0 heterocycles. The molecule has 11 heteroatoms. The van der Waals surface area contributed by atoms with Gasteiger partial charge in [0.2, 0.25) is 5.91 Å². The lowest BCUT2D eigenvalue weighted by Crippen LogP contribution is -2.47. The normalized spacial score (nSPS) is 11.4. The zero-order chi connectivity index (χ0) is 23.7. The monoisotopic (exact) mass is 480 g/mol. The molecule has 2 aromatic rings. The Bertz CT molecular complexity index is 986. The summed E-state index contributed by atoms with van der Waals surface area (Å²) >= 11 is 12.1. The van der Waals surface area contributed by atoms with Gasteiger partial charge >= 0.3 is 0 Å². The molecule has 0 spiro atoms. The van der Waals surface area contributed by atoms with Crippen LogP contribution in [0.3, 0.4) is 0 Å². The molecule has 2 rings (SSSR count). The van der Waals surface area contributed by atoms with Crippen LogP contribution >= 0.6 is 23.2 Å². The summed E-state index contributed by atoms with van der Waals surface area (Å²) < 4.78 is 5.75. The van der Waals surface area contributed by atoms with Crippen molar-refractivity contribution in [3.8, 4) is 5.75 Å². The number of benzene rings is 2. The van der Waals surface area contributed by atoms with Crippen LogP contribution < -0.4 is 32.6 Å². The summed E-state index contributed by atoms with van der Waals surface area (Å²) in [5.74, 6) is -0.884. The summed E-state index contributed by atoms with van der Waals surface area (Å²) in [4.78, 5) is 23.8. The molecule has 9 nitrogen and oxygen atoms in total. The van der Waals surface area contributed by atoms with Crippen LogP contribution in [0.15, 0.2) is 36.4 Å². The maximum atomic E-state index is 12.4. The van der Waals surface area contributed by atoms with E-state index < -0.39 is 11.9 Å². The van der Waals surface area contributed by atoms with Crippen LogP contribution in [-0.2, 0) is 11.2 Å². The Hall–Kier alpha value is -3.17. The number of nitrogens with two attached hydrogens (primary N) is 3. The fraction of sp³-hybridized carbons (Fsp3) is 0.286. The third-order valence-electron chi connectivity index (χ3n) is 4.55. The van der Waals surface area contributed by atoms with Crippen molar-refractivity contribution >= 4 is 46.7 Å². The quantitative estimate of drug-likeness (QED) is 0.124. The molecule has 0 saturated heterocycles. The molecular weight excluding hydrogens is 455 g/mol. The van der Waals surface area contributed by atoms with E-state index >= 15 is 0 Å². The maximum Gasteiger partial charge on any atom is 0.251 e. The number of carbonyl (C=O) groups is 2. The minimum absolute atomic E-state index is 0.303. The average molecular weight is 481 g/mol. The molecule has 0 fully saturated rings. The Kier molecular flexibility index (Phi) is 9.42. The van der Waals surface area contributed by atoms with E-state index in [0.717, 1.165) is 5.56 Å². The van der Waals surface area contributed by atoms with Gasteiger partial charge in [0.05, 0.1) is 12.3 Å². The van der Waals surface area contributed by atoms with E-state index in [1.54, 1.807) is 30.3 Å². The third-order valence-corrected chi connectivity index (χ3v) is 5.14. The predicted octanol–water partition coefficient (Wildman–Crippen LogP) is 2.04. The highest BCUT2D eigenvalue weighted by Gasteiger charge is 2.15. The smallest absolute Gasteiger partial charge is 0.251 e. The van der Waals surface area contributed by atoms with Crippen molar-refractivity contribution in [3.05, 3.63) is 57.6 Å². The maximum absolute atomic E-state index is 12.4. The Balaban J connectivity index is 1.87. The Morgan fingerprint density at radius 2 is 1.88 bits per heavy atom. The minimum Gasteiger partial charge on any atom is -0.491 e. The van der Waals surface area contributed by atoms with Gasteiger partial charge in [-0.3, -0.25) is 15.0 Å². The standard InChI is InChI=1S/C21H26Cl2N6O3/c22-14-5-3-12(15(23)11-14)7-9-32-18-10-13(4-6-16(18)24)20(31)28-8-1-2-17(19(25)30)29-21(26)27/h3-6,10-11,17H,1-2,7-9,24H2,(H2,25,30)(H,28,31)(H4,26,27,29). The Morgan fingerprint density at radius 3 is 2.53 bits per heavy atom. The van der Waals surface area contributed by atoms with E-state index in [0.29, 0.717) is 59.5 Å². The number of primary amides is 1. The number of hydrogen-bond donors (Lipinski definition) is 6. The fourth-order valence-corrected chi connectivity index (χ4v) is 3.38. The van der Waals surface area contributed by atoms with Gasteiger partial charge in [0.15, 0.2) is 5.96 Å².